The molecule has 0 amide bonds. The molecular formula is BeLiNbSnTa. The standard InChI is InChI=1S/Be.Li.Nb.Sn.Ta. The van der Waals surface area contributed by atoms with E-state index in [0.717, 1.165) is 0 Å². The first-order chi connectivity index (χ1) is 0. The summed E-state index contributed by atoms with van der Waals surface area (Å²) in [7, 11) is 0. The van der Waals surface area contributed by atoms with Gasteiger partial charge in [-0.15, -0.1) is 0 Å². The first-order valence-corrected chi connectivity index (χ1v) is 0. The van der Waals surface area contributed by atoms with Crippen molar-refractivity contribution in [2.75, 3.05) is 0 Å². The Balaban J connectivity index is 0. The van der Waals surface area contributed by atoms with E-state index in [1.807, 2.05) is 0 Å². The molecule has 0 aromatic heterocycles. The summed E-state index contributed by atoms with van der Waals surface area (Å²) < 4.78 is 0. The van der Waals surface area contributed by atoms with Gasteiger partial charge in [-0.05, 0) is 0 Å². The summed E-state index contributed by atoms with van der Waals surface area (Å²) in [5.74, 6) is 0. The van der Waals surface area contributed by atoms with E-state index in [1.54, 1.807) is 0 Å². The molecule has 0 rings (SSSR count). The molecule has 0 nitrogen and oxygen atoms in total. The van der Waals surface area contributed by atoms with Gasteiger partial charge in [0.1, 0.15) is 0 Å². The van der Waals surface area contributed by atoms with Crippen LogP contribution < -0.4 is 0 Å². The molecule has 0 N–H and O–H groups in total. The van der Waals surface area contributed by atoms with E-state index in [4.69, 9.17) is 0 Å². The minimum Gasteiger partial charge on any atom is 0 e. The van der Waals surface area contributed by atoms with Crippen LogP contribution in [0.4, 0.5) is 0 Å². The van der Waals surface area contributed by atoms with Gasteiger partial charge >= 0.3 is 0 Å². The average Bonchev–Trinajstić information content (AvgIpc) is 0. The SMILES string of the molecule is [Be].[Li].[Nb].[Sn].[Ta]. The maximum Gasteiger partial charge on any atom is 0 e. The topological polar surface area (TPSA) is 0 Å². The zero-order chi connectivity index (χ0) is 0. The predicted molar refractivity (Wildman–Crippen MR) is 17.3 cm³/mol. The maximum atomic E-state index is 0. The first-order valence-electron chi connectivity index (χ1n) is 0. The smallest absolute Gasteiger partial charge is 0 e. The van der Waals surface area contributed by atoms with E-state index in [9.17, 15) is 0 Å². The number of hydrogen-bond acceptors (Lipinski definition) is 0. The number of rotatable bonds is 0. The van der Waals surface area contributed by atoms with Crippen LogP contribution in [0.2, 0.25) is 0 Å². The van der Waals surface area contributed by atoms with Crippen LogP contribution in [0, 0.1) is 0 Å². The third-order valence-corrected chi connectivity index (χ3v) is 0. The minimum atomic E-state index is 0. The van der Waals surface area contributed by atoms with Gasteiger partial charge in [-0.25, -0.2) is 0 Å². The largest absolute Gasteiger partial charge is 0 e. The van der Waals surface area contributed by atoms with E-state index in [2.05, 4.69) is 0 Å². The van der Waals surface area contributed by atoms with Crippen LogP contribution in [0.1, 0.15) is 0 Å². The van der Waals surface area contributed by atoms with Crippen LogP contribution in [0.3, 0.4) is 0 Å². The fourth-order valence-corrected chi connectivity index (χ4v) is 0. The summed E-state index contributed by atoms with van der Waals surface area (Å²) in [5.41, 5.74) is 0. The Labute approximate surface area is 96.0 Å². The van der Waals surface area contributed by atoms with Crippen LogP contribution in [0.15, 0.2) is 0 Å². The van der Waals surface area contributed by atoms with Crippen LogP contribution in [-0.4, -0.2) is 52.9 Å². The molecule has 5 heteroatoms. The molecule has 0 bridgehead atoms. The summed E-state index contributed by atoms with van der Waals surface area (Å²) in [5, 5.41) is 0. The summed E-state index contributed by atoms with van der Waals surface area (Å²) in [6.07, 6.45) is 0. The van der Waals surface area contributed by atoms with Gasteiger partial charge in [-0.3, -0.25) is 0 Å². The molecule has 9 radical (unpaired) electrons. The molecule has 0 saturated heterocycles. The molecular weight excluding hydrogens is 409 g/mol. The fourth-order valence-electron chi connectivity index (χ4n) is 0. The molecule has 0 saturated carbocycles. The van der Waals surface area contributed by atoms with Crippen molar-refractivity contribution in [3.05, 3.63) is 0 Å². The van der Waals surface area contributed by atoms with Crippen molar-refractivity contribution in [2.45, 2.75) is 0 Å². The molecule has 0 fully saturated rings. The minimum absolute atomic E-state index is 0. The van der Waals surface area contributed by atoms with Crippen molar-refractivity contribution in [3.8, 4) is 0 Å². The second kappa shape index (κ2) is 27.8. The summed E-state index contributed by atoms with van der Waals surface area (Å²) in [6.45, 7) is 0. The van der Waals surface area contributed by atoms with Crippen molar-refractivity contribution >= 4 is 52.9 Å². The van der Waals surface area contributed by atoms with E-state index in [0.29, 0.717) is 0 Å². The second-order valence-corrected chi connectivity index (χ2v) is 0. The van der Waals surface area contributed by atoms with Gasteiger partial charge < -0.3 is 0 Å². The summed E-state index contributed by atoms with van der Waals surface area (Å²) in [6, 6.07) is 0. The van der Waals surface area contributed by atoms with Crippen LogP contribution in [-0.2, 0) is 44.8 Å². The third kappa shape index (κ3) is 19.3. The zero-order valence-corrected chi connectivity index (χ0v) is 11.4. The first kappa shape index (κ1) is 43.1. The number of hydrogen-bond donors (Lipinski definition) is 0. The van der Waals surface area contributed by atoms with Gasteiger partial charge in [0.05, 0.1) is 0 Å². The normalized spacial score (nSPS) is 0. The molecule has 0 aliphatic carbocycles. The summed E-state index contributed by atoms with van der Waals surface area (Å²) in [4.78, 5) is 0. The van der Waals surface area contributed by atoms with Gasteiger partial charge in [-0.2, -0.15) is 0 Å². The van der Waals surface area contributed by atoms with Crippen LogP contribution >= 0.6 is 0 Å². The Hall–Kier alpha value is 3.05. The molecule has 17 valence electrons. The van der Waals surface area contributed by atoms with Crippen molar-refractivity contribution in [1.29, 1.82) is 0 Å². The predicted octanol–water partition coefficient (Wildman–Crippen LogP) is -1.15. The molecule has 0 atom stereocenters. The second-order valence-electron chi connectivity index (χ2n) is 0. The zero-order valence-electron chi connectivity index (χ0n) is 3.10. The van der Waals surface area contributed by atoms with Gasteiger partial charge in [0.2, 0.25) is 0 Å². The fraction of sp³-hybridized carbons (Fsp3) is 0. The Morgan fingerprint density at radius 2 is 1.00 bits per heavy atom. The van der Waals surface area contributed by atoms with Crippen LogP contribution in [0.5, 0.6) is 0 Å². The third-order valence-electron chi connectivity index (χ3n) is 0. The molecule has 0 aliphatic heterocycles. The van der Waals surface area contributed by atoms with Gasteiger partial charge in [0.25, 0.3) is 0 Å². The van der Waals surface area contributed by atoms with E-state index in [1.165, 1.54) is 0 Å². The molecule has 5 heavy (non-hydrogen) atoms. The van der Waals surface area contributed by atoms with E-state index >= 15 is 0 Å². The Bertz CT molecular complexity index is 11.6. The van der Waals surface area contributed by atoms with Crippen LogP contribution in [0.25, 0.3) is 0 Å². The molecule has 0 aromatic rings. The molecule has 0 heterocycles. The average molecular weight is 409 g/mol. The Kier molecular flexibility index (Phi) is 239. The molecule has 0 unspecified atom stereocenters. The van der Waals surface area contributed by atoms with E-state index < -0.39 is 0 Å². The maximum absolute atomic E-state index is 0. The van der Waals surface area contributed by atoms with Crippen molar-refractivity contribution in [2.24, 2.45) is 0 Å². The summed E-state index contributed by atoms with van der Waals surface area (Å²) >= 11 is 0. The molecule has 0 spiro atoms. The molecule has 0 aromatic carbocycles. The van der Waals surface area contributed by atoms with Crippen molar-refractivity contribution in [1.82, 2.24) is 0 Å². The Morgan fingerprint density at radius 1 is 1.00 bits per heavy atom. The van der Waals surface area contributed by atoms with Gasteiger partial charge in [0, 0.05) is 97.6 Å². The van der Waals surface area contributed by atoms with Gasteiger partial charge in [-0.1, -0.05) is 0 Å². The van der Waals surface area contributed by atoms with Crippen molar-refractivity contribution < 1.29 is 44.8 Å². The van der Waals surface area contributed by atoms with Gasteiger partial charge in [0.15, 0.2) is 0 Å². The monoisotopic (exact) mass is 410 g/mol. The van der Waals surface area contributed by atoms with E-state index in [-0.39, 0.29) is 97.6 Å². The Morgan fingerprint density at radius 3 is 1.00 bits per heavy atom. The van der Waals surface area contributed by atoms with Crippen molar-refractivity contribution in [3.63, 3.8) is 0 Å². The molecule has 0 aliphatic rings. The quantitative estimate of drug-likeness (QED) is 0.445.